The fraction of sp³-hybridized carbons (Fsp3) is 0.100. The molecule has 0 bridgehead atoms. The Balaban J connectivity index is 2.33. The lowest BCUT2D eigenvalue weighted by Gasteiger charge is -2.18. The molecule has 0 aliphatic rings. The highest BCUT2D eigenvalue weighted by atomic mass is 19.4. The van der Waals surface area contributed by atoms with Gasteiger partial charge in [-0.1, -0.05) is 42.5 Å². The van der Waals surface area contributed by atoms with Gasteiger partial charge in [0.15, 0.2) is 0 Å². The number of hydrogen-bond donors (Lipinski definition) is 1. The Morgan fingerprint density at radius 1 is 1.04 bits per heavy atom. The molecular formula is C20H13F3N2O2. The number of rotatable bonds is 3. The van der Waals surface area contributed by atoms with E-state index >= 15 is 0 Å². The van der Waals surface area contributed by atoms with Gasteiger partial charge in [-0.05, 0) is 23.8 Å². The van der Waals surface area contributed by atoms with Crippen LogP contribution in [0.25, 0.3) is 16.1 Å². The number of pyridine rings is 1. The number of phenols is 1. The van der Waals surface area contributed by atoms with Crippen LogP contribution >= 0.6 is 0 Å². The topological polar surface area (TPSA) is 46.6 Å². The van der Waals surface area contributed by atoms with Crippen LogP contribution in [0.4, 0.5) is 18.9 Å². The second-order valence-electron chi connectivity index (χ2n) is 5.83. The first-order valence-corrected chi connectivity index (χ1v) is 7.87. The molecule has 0 aliphatic heterocycles. The largest absolute Gasteiger partial charge is 0.508 e. The first-order chi connectivity index (χ1) is 12.8. The number of aromatic nitrogens is 1. The zero-order valence-electron chi connectivity index (χ0n) is 13.9. The molecule has 136 valence electrons. The van der Waals surface area contributed by atoms with Gasteiger partial charge in [-0.15, -0.1) is 0 Å². The maximum Gasteiger partial charge on any atom is 0.407 e. The van der Waals surface area contributed by atoms with Crippen LogP contribution in [0.5, 0.6) is 5.75 Å². The second kappa shape index (κ2) is 7.00. The van der Waals surface area contributed by atoms with Gasteiger partial charge in [-0.3, -0.25) is 4.79 Å². The molecule has 0 fully saturated rings. The Labute approximate surface area is 152 Å². The molecule has 0 atom stereocenters. The lowest BCUT2D eigenvalue weighted by Crippen LogP contribution is -2.25. The summed E-state index contributed by atoms with van der Waals surface area (Å²) in [7, 11) is 0. The number of aromatic hydroxyl groups is 1. The molecular weight excluding hydrogens is 357 g/mol. The van der Waals surface area contributed by atoms with E-state index in [0.29, 0.717) is 5.56 Å². The van der Waals surface area contributed by atoms with E-state index in [1.807, 2.05) is 0 Å². The summed E-state index contributed by atoms with van der Waals surface area (Å²) in [5, 5.41) is 9.70. The minimum atomic E-state index is -4.85. The molecule has 4 nitrogen and oxygen atoms in total. The summed E-state index contributed by atoms with van der Waals surface area (Å²) in [6, 6.07) is 15.1. The Morgan fingerprint density at radius 3 is 2.33 bits per heavy atom. The minimum absolute atomic E-state index is 0.00861. The standard InChI is InChI=1S/C20H13F3N2O2/c1-24-18-16(20(21,22)23)11-17(14-8-5-9-15(26)10-14)25(19(18)27)12-13-6-3-2-4-7-13/h2-11,26H,12H2. The zero-order chi connectivity index (χ0) is 19.6. The van der Waals surface area contributed by atoms with Gasteiger partial charge >= 0.3 is 6.18 Å². The molecule has 0 aliphatic carbocycles. The molecule has 3 rings (SSSR count). The van der Waals surface area contributed by atoms with E-state index in [1.54, 1.807) is 30.3 Å². The maximum atomic E-state index is 13.4. The summed E-state index contributed by atoms with van der Waals surface area (Å²) in [5.74, 6) is -0.144. The number of halogens is 3. The van der Waals surface area contributed by atoms with Crippen molar-refractivity contribution in [2.45, 2.75) is 12.7 Å². The average molecular weight is 370 g/mol. The molecule has 1 aromatic heterocycles. The highest BCUT2D eigenvalue weighted by Gasteiger charge is 2.36. The molecule has 2 aromatic carbocycles. The fourth-order valence-electron chi connectivity index (χ4n) is 2.79. The van der Waals surface area contributed by atoms with Crippen molar-refractivity contribution in [3.05, 3.63) is 93.6 Å². The molecule has 0 spiro atoms. The van der Waals surface area contributed by atoms with Gasteiger partial charge in [0.05, 0.1) is 12.1 Å². The number of hydrogen-bond acceptors (Lipinski definition) is 2. The third kappa shape index (κ3) is 3.70. The molecule has 0 radical (unpaired) electrons. The highest BCUT2D eigenvalue weighted by molar-refractivity contribution is 5.67. The number of benzene rings is 2. The fourth-order valence-corrected chi connectivity index (χ4v) is 2.79. The predicted molar refractivity (Wildman–Crippen MR) is 94.6 cm³/mol. The van der Waals surface area contributed by atoms with Crippen LogP contribution in [0.2, 0.25) is 0 Å². The summed E-state index contributed by atoms with van der Waals surface area (Å²) in [4.78, 5) is 15.6. The number of alkyl halides is 3. The van der Waals surface area contributed by atoms with Crippen LogP contribution in [-0.4, -0.2) is 9.67 Å². The van der Waals surface area contributed by atoms with Gasteiger partial charge < -0.3 is 9.67 Å². The summed E-state index contributed by atoms with van der Waals surface area (Å²) >= 11 is 0. The van der Waals surface area contributed by atoms with E-state index < -0.39 is 23.0 Å². The van der Waals surface area contributed by atoms with Crippen LogP contribution in [-0.2, 0) is 12.7 Å². The molecule has 0 saturated heterocycles. The maximum absolute atomic E-state index is 13.4. The van der Waals surface area contributed by atoms with E-state index in [0.717, 1.165) is 10.6 Å². The zero-order valence-corrected chi connectivity index (χ0v) is 13.9. The van der Waals surface area contributed by atoms with Crippen LogP contribution < -0.4 is 5.56 Å². The van der Waals surface area contributed by atoms with Crippen LogP contribution in [0.15, 0.2) is 65.5 Å². The van der Waals surface area contributed by atoms with Crippen molar-refractivity contribution < 1.29 is 18.3 Å². The Morgan fingerprint density at radius 2 is 1.74 bits per heavy atom. The first-order valence-electron chi connectivity index (χ1n) is 7.87. The van der Waals surface area contributed by atoms with Gasteiger partial charge in [0.2, 0.25) is 0 Å². The summed E-state index contributed by atoms with van der Waals surface area (Å²) in [5.41, 5.74) is -2.38. The third-order valence-electron chi connectivity index (χ3n) is 4.02. The van der Waals surface area contributed by atoms with Gasteiger partial charge in [0.1, 0.15) is 5.75 Å². The second-order valence-corrected chi connectivity index (χ2v) is 5.83. The van der Waals surface area contributed by atoms with Crippen LogP contribution in [0.1, 0.15) is 11.1 Å². The van der Waals surface area contributed by atoms with Crippen molar-refractivity contribution in [3.8, 4) is 17.0 Å². The lowest BCUT2D eigenvalue weighted by atomic mass is 10.1. The Bertz CT molecular complexity index is 1080. The third-order valence-corrected chi connectivity index (χ3v) is 4.02. The average Bonchev–Trinajstić information content (AvgIpc) is 2.63. The molecule has 0 saturated carbocycles. The van der Waals surface area contributed by atoms with Crippen LogP contribution in [0, 0.1) is 6.57 Å². The normalized spacial score (nSPS) is 11.2. The Kier molecular flexibility index (Phi) is 4.74. The Hall–Kier alpha value is -3.53. The molecule has 3 aromatic rings. The van der Waals surface area contributed by atoms with Gasteiger partial charge in [0.25, 0.3) is 11.2 Å². The monoisotopic (exact) mass is 370 g/mol. The van der Waals surface area contributed by atoms with Crippen molar-refractivity contribution in [2.24, 2.45) is 0 Å². The van der Waals surface area contributed by atoms with Crippen LogP contribution in [0.3, 0.4) is 0 Å². The molecule has 7 heteroatoms. The lowest BCUT2D eigenvalue weighted by molar-refractivity contribution is -0.136. The van der Waals surface area contributed by atoms with E-state index in [9.17, 15) is 23.1 Å². The summed E-state index contributed by atoms with van der Waals surface area (Å²) in [6.07, 6.45) is -4.85. The van der Waals surface area contributed by atoms with Crippen molar-refractivity contribution >= 4 is 5.69 Å². The van der Waals surface area contributed by atoms with Crippen molar-refractivity contribution in [1.29, 1.82) is 0 Å². The highest BCUT2D eigenvalue weighted by Crippen LogP contribution is 2.37. The van der Waals surface area contributed by atoms with Gasteiger partial charge in [-0.2, -0.15) is 13.2 Å². The van der Waals surface area contributed by atoms with Gasteiger partial charge in [0, 0.05) is 17.8 Å². The van der Waals surface area contributed by atoms with Gasteiger partial charge in [-0.25, -0.2) is 4.85 Å². The van der Waals surface area contributed by atoms with E-state index in [2.05, 4.69) is 4.85 Å². The minimum Gasteiger partial charge on any atom is -0.508 e. The quantitative estimate of drug-likeness (QED) is 0.671. The molecule has 0 unspecified atom stereocenters. The predicted octanol–water partition coefficient (Wildman–Crippen LogP) is 4.84. The molecule has 1 N–H and O–H groups in total. The first kappa shape index (κ1) is 18.3. The number of phenolic OH excluding ortho intramolecular Hbond substituents is 1. The van der Waals surface area contributed by atoms with Crippen molar-refractivity contribution in [2.75, 3.05) is 0 Å². The van der Waals surface area contributed by atoms with Crippen molar-refractivity contribution in [1.82, 2.24) is 4.57 Å². The smallest absolute Gasteiger partial charge is 0.407 e. The molecule has 0 amide bonds. The summed E-state index contributed by atoms with van der Waals surface area (Å²) < 4.78 is 41.3. The van der Waals surface area contributed by atoms with E-state index in [4.69, 9.17) is 6.57 Å². The summed E-state index contributed by atoms with van der Waals surface area (Å²) in [6.45, 7) is 7.05. The SMILES string of the molecule is [C-]#[N+]c1c(C(F)(F)F)cc(-c2cccc(O)c2)n(Cc2ccccc2)c1=O. The van der Waals surface area contributed by atoms with E-state index in [-0.39, 0.29) is 23.6 Å². The van der Waals surface area contributed by atoms with E-state index in [1.165, 1.54) is 24.3 Å². The molecule has 1 heterocycles. The molecule has 27 heavy (non-hydrogen) atoms. The van der Waals surface area contributed by atoms with Crippen molar-refractivity contribution in [3.63, 3.8) is 0 Å². The number of nitrogens with zero attached hydrogens (tertiary/aromatic N) is 2.